The Morgan fingerprint density at radius 2 is 1.33 bits per heavy atom. The third-order valence-corrected chi connectivity index (χ3v) is 7.16. The molecular weight excluding hydrogens is 486 g/mol. The summed E-state index contributed by atoms with van der Waals surface area (Å²) in [5, 5.41) is 5.73. The summed E-state index contributed by atoms with van der Waals surface area (Å²) in [6.07, 6.45) is 1.34. The Labute approximate surface area is 229 Å². The molecule has 1 aliphatic carbocycles. The maximum absolute atomic E-state index is 13.2. The van der Waals surface area contributed by atoms with E-state index in [9.17, 15) is 9.59 Å². The number of anilines is 1. The minimum atomic E-state index is -0.735. The maximum atomic E-state index is 13.2. The van der Waals surface area contributed by atoms with Crippen molar-refractivity contribution in [1.29, 1.82) is 0 Å². The fraction of sp³-hybridized carbons (Fsp3) is 0.212. The molecule has 1 aliphatic rings. The lowest BCUT2D eigenvalue weighted by Crippen LogP contribution is -2.44. The summed E-state index contributed by atoms with van der Waals surface area (Å²) in [5.41, 5.74) is 13.1. The maximum Gasteiger partial charge on any atom is 0.407 e. The third kappa shape index (κ3) is 6.19. The molecule has 0 fully saturated rings. The first-order valence-corrected chi connectivity index (χ1v) is 13.4. The quantitative estimate of drug-likeness (QED) is 0.214. The van der Waals surface area contributed by atoms with Gasteiger partial charge >= 0.3 is 6.09 Å². The van der Waals surface area contributed by atoms with Gasteiger partial charge in [0.05, 0.1) is 0 Å². The molecular formula is C33H33N3O3. The Bertz CT molecular complexity index is 1370. The molecule has 1 atom stereocenters. The van der Waals surface area contributed by atoms with E-state index in [4.69, 9.17) is 10.5 Å². The lowest BCUT2D eigenvalue weighted by atomic mass is 9.98. The number of carbonyl (C=O) groups excluding carboxylic acids is 2. The van der Waals surface area contributed by atoms with Crippen LogP contribution in [0.4, 0.5) is 10.5 Å². The largest absolute Gasteiger partial charge is 0.449 e. The average Bonchev–Trinajstić information content (AvgIpc) is 3.30. The van der Waals surface area contributed by atoms with E-state index in [1.807, 2.05) is 78.9 Å². The zero-order chi connectivity index (χ0) is 27.0. The van der Waals surface area contributed by atoms with Crippen LogP contribution in [0.5, 0.6) is 0 Å². The molecule has 0 saturated heterocycles. The van der Waals surface area contributed by atoms with Crippen molar-refractivity contribution in [3.05, 3.63) is 114 Å². The average molecular weight is 520 g/mol. The SMILES string of the molecule is NCCCC[C@@H](NC(=O)OCC1c2ccccc2-c2ccccc21)C(=O)Nc1ccc(-c2ccccc2)cc1. The van der Waals surface area contributed by atoms with Crippen LogP contribution >= 0.6 is 0 Å². The van der Waals surface area contributed by atoms with Gasteiger partial charge in [0.15, 0.2) is 0 Å². The normalized spacial score (nSPS) is 12.7. The standard InChI is InChI=1S/C33H33N3O3/c34-21-9-8-16-31(32(37)35-25-19-17-24(18-20-25)23-10-2-1-3-11-23)36-33(38)39-22-30-28-14-6-4-12-26(28)27-13-5-7-15-29(27)30/h1-7,10-15,17-20,30-31H,8-9,16,21-22,34H2,(H,35,37)(H,36,38)/t31-/m1/s1. The van der Waals surface area contributed by atoms with Crippen LogP contribution in [0.25, 0.3) is 22.3 Å². The first kappa shape index (κ1) is 26.2. The molecule has 4 N–H and O–H groups in total. The van der Waals surface area contributed by atoms with Gasteiger partial charge in [-0.15, -0.1) is 0 Å². The van der Waals surface area contributed by atoms with E-state index < -0.39 is 12.1 Å². The van der Waals surface area contributed by atoms with Crippen molar-refractivity contribution >= 4 is 17.7 Å². The summed E-state index contributed by atoms with van der Waals surface area (Å²) in [6, 6.07) is 33.4. The second-order valence-electron chi connectivity index (χ2n) is 9.74. The Hall–Kier alpha value is -4.42. The van der Waals surface area contributed by atoms with Gasteiger partial charge in [-0.05, 0) is 71.3 Å². The van der Waals surface area contributed by atoms with E-state index in [-0.39, 0.29) is 18.4 Å². The molecule has 6 nitrogen and oxygen atoms in total. The highest BCUT2D eigenvalue weighted by atomic mass is 16.5. The van der Waals surface area contributed by atoms with Crippen molar-refractivity contribution in [1.82, 2.24) is 5.32 Å². The summed E-state index contributed by atoms with van der Waals surface area (Å²) >= 11 is 0. The molecule has 0 unspecified atom stereocenters. The zero-order valence-corrected chi connectivity index (χ0v) is 21.8. The predicted octanol–water partition coefficient (Wildman–Crippen LogP) is 6.33. The van der Waals surface area contributed by atoms with Gasteiger partial charge in [-0.1, -0.05) is 91.0 Å². The number of nitrogens with one attached hydrogen (secondary N) is 2. The number of unbranched alkanes of at least 4 members (excludes halogenated alkanes) is 1. The Morgan fingerprint density at radius 3 is 1.97 bits per heavy atom. The van der Waals surface area contributed by atoms with Crippen molar-refractivity contribution in [3.8, 4) is 22.3 Å². The van der Waals surface area contributed by atoms with E-state index >= 15 is 0 Å². The van der Waals surface area contributed by atoms with Gasteiger partial charge < -0.3 is 21.1 Å². The molecule has 39 heavy (non-hydrogen) atoms. The lowest BCUT2D eigenvalue weighted by Gasteiger charge is -2.20. The highest BCUT2D eigenvalue weighted by molar-refractivity contribution is 5.96. The van der Waals surface area contributed by atoms with Crippen molar-refractivity contribution in [2.45, 2.75) is 31.2 Å². The number of rotatable bonds is 10. The molecule has 2 amide bonds. The summed E-state index contributed by atoms with van der Waals surface area (Å²) < 4.78 is 5.69. The van der Waals surface area contributed by atoms with Crippen LogP contribution < -0.4 is 16.4 Å². The van der Waals surface area contributed by atoms with Gasteiger partial charge in [-0.2, -0.15) is 0 Å². The van der Waals surface area contributed by atoms with Crippen LogP contribution in [-0.4, -0.2) is 31.2 Å². The van der Waals surface area contributed by atoms with Gasteiger partial charge in [0.25, 0.3) is 0 Å². The number of ether oxygens (including phenoxy) is 1. The topological polar surface area (TPSA) is 93.4 Å². The number of nitrogens with two attached hydrogens (primary N) is 1. The molecule has 198 valence electrons. The molecule has 6 heteroatoms. The van der Waals surface area contributed by atoms with Crippen molar-refractivity contribution in [2.75, 3.05) is 18.5 Å². The molecule has 0 bridgehead atoms. The van der Waals surface area contributed by atoms with Crippen LogP contribution in [-0.2, 0) is 9.53 Å². The minimum Gasteiger partial charge on any atom is -0.449 e. The molecule has 5 rings (SSSR count). The Kier molecular flexibility index (Phi) is 8.34. The van der Waals surface area contributed by atoms with Crippen LogP contribution in [0.3, 0.4) is 0 Å². The van der Waals surface area contributed by atoms with Gasteiger partial charge in [0.2, 0.25) is 5.91 Å². The fourth-order valence-electron chi connectivity index (χ4n) is 5.15. The predicted molar refractivity (Wildman–Crippen MR) is 155 cm³/mol. The number of benzene rings is 4. The minimum absolute atomic E-state index is 0.0456. The van der Waals surface area contributed by atoms with E-state index in [1.54, 1.807) is 0 Å². The fourth-order valence-corrected chi connectivity index (χ4v) is 5.15. The van der Waals surface area contributed by atoms with Crippen LogP contribution in [0, 0.1) is 0 Å². The molecule has 0 radical (unpaired) electrons. The van der Waals surface area contributed by atoms with Gasteiger partial charge in [0, 0.05) is 11.6 Å². The number of alkyl carbamates (subject to hydrolysis) is 1. The second kappa shape index (κ2) is 12.4. The number of amides is 2. The summed E-state index contributed by atoms with van der Waals surface area (Å²) in [4.78, 5) is 26.1. The molecule has 4 aromatic rings. The van der Waals surface area contributed by atoms with Crippen molar-refractivity contribution in [3.63, 3.8) is 0 Å². The van der Waals surface area contributed by atoms with Gasteiger partial charge in [-0.25, -0.2) is 4.79 Å². The lowest BCUT2D eigenvalue weighted by molar-refractivity contribution is -0.118. The van der Waals surface area contributed by atoms with Crippen molar-refractivity contribution in [2.24, 2.45) is 5.73 Å². The van der Waals surface area contributed by atoms with Crippen LogP contribution in [0.2, 0.25) is 0 Å². The van der Waals surface area contributed by atoms with E-state index in [0.29, 0.717) is 25.1 Å². The number of fused-ring (bicyclic) bond motifs is 3. The van der Waals surface area contributed by atoms with Crippen LogP contribution in [0.15, 0.2) is 103 Å². The van der Waals surface area contributed by atoms with Crippen molar-refractivity contribution < 1.29 is 14.3 Å². The monoisotopic (exact) mass is 519 g/mol. The number of carbonyl (C=O) groups is 2. The number of hydrogen-bond donors (Lipinski definition) is 3. The Balaban J connectivity index is 1.22. The third-order valence-electron chi connectivity index (χ3n) is 7.16. The molecule has 0 aliphatic heterocycles. The first-order chi connectivity index (χ1) is 19.1. The smallest absolute Gasteiger partial charge is 0.407 e. The van der Waals surface area contributed by atoms with E-state index in [2.05, 4.69) is 34.9 Å². The summed E-state index contributed by atoms with van der Waals surface area (Å²) in [6.45, 7) is 0.720. The number of hydrogen-bond acceptors (Lipinski definition) is 4. The van der Waals surface area contributed by atoms with Gasteiger partial charge in [0.1, 0.15) is 12.6 Å². The summed E-state index contributed by atoms with van der Waals surface area (Å²) in [7, 11) is 0. The van der Waals surface area contributed by atoms with E-state index in [1.165, 1.54) is 11.1 Å². The molecule has 4 aromatic carbocycles. The summed E-state index contributed by atoms with van der Waals surface area (Å²) in [5.74, 6) is -0.330. The highest BCUT2D eigenvalue weighted by Crippen LogP contribution is 2.44. The van der Waals surface area contributed by atoms with E-state index in [0.717, 1.165) is 28.7 Å². The highest BCUT2D eigenvalue weighted by Gasteiger charge is 2.29. The molecule has 0 aromatic heterocycles. The molecule has 0 spiro atoms. The van der Waals surface area contributed by atoms with Crippen LogP contribution in [0.1, 0.15) is 36.3 Å². The molecule has 0 saturated carbocycles. The zero-order valence-electron chi connectivity index (χ0n) is 21.8. The first-order valence-electron chi connectivity index (χ1n) is 13.4. The second-order valence-corrected chi connectivity index (χ2v) is 9.74. The Morgan fingerprint density at radius 1 is 0.744 bits per heavy atom. The molecule has 0 heterocycles. The van der Waals surface area contributed by atoms with Gasteiger partial charge in [-0.3, -0.25) is 4.79 Å².